The smallest absolute Gasteiger partial charge is 0.253 e. The molecule has 2 aromatic rings. The molecule has 0 saturated heterocycles. The highest BCUT2D eigenvalue weighted by Gasteiger charge is 2.30. The van der Waals surface area contributed by atoms with Gasteiger partial charge in [0.1, 0.15) is 16.4 Å². The van der Waals surface area contributed by atoms with E-state index in [9.17, 15) is 8.42 Å². The van der Waals surface area contributed by atoms with Crippen molar-refractivity contribution in [3.63, 3.8) is 0 Å². The van der Waals surface area contributed by atoms with Crippen LogP contribution in [0, 0.1) is 0 Å². The molecule has 0 amide bonds. The van der Waals surface area contributed by atoms with E-state index in [1.54, 1.807) is 17.8 Å². The lowest BCUT2D eigenvalue weighted by molar-refractivity contribution is 0.336. The Labute approximate surface area is 114 Å². The Kier molecular flexibility index (Phi) is 3.13. The maximum absolute atomic E-state index is 12.5. The quantitative estimate of drug-likeness (QED) is 0.861. The van der Waals surface area contributed by atoms with E-state index in [0.29, 0.717) is 29.7 Å². The molecule has 19 heavy (non-hydrogen) atoms. The zero-order chi connectivity index (χ0) is 13.5. The molecule has 0 aliphatic carbocycles. The van der Waals surface area contributed by atoms with Gasteiger partial charge in [0.2, 0.25) is 0 Å². The van der Waals surface area contributed by atoms with Gasteiger partial charge in [-0.2, -0.15) is 4.31 Å². The summed E-state index contributed by atoms with van der Waals surface area (Å²) in [5, 5.41) is 9.49. The van der Waals surface area contributed by atoms with Crippen molar-refractivity contribution in [2.45, 2.75) is 23.8 Å². The Morgan fingerprint density at radius 2 is 2.26 bits per heavy atom. The minimum absolute atomic E-state index is 0.262. The second-order valence-electron chi connectivity index (χ2n) is 4.26. The first kappa shape index (κ1) is 12.7. The first-order chi connectivity index (χ1) is 9.11. The van der Waals surface area contributed by atoms with E-state index in [-0.39, 0.29) is 6.54 Å². The van der Waals surface area contributed by atoms with Gasteiger partial charge >= 0.3 is 0 Å². The van der Waals surface area contributed by atoms with Gasteiger partial charge in [-0.25, -0.2) is 8.42 Å². The second-order valence-corrected chi connectivity index (χ2v) is 7.33. The van der Waals surface area contributed by atoms with Crippen LogP contribution in [0.25, 0.3) is 0 Å². The number of nitrogens with two attached hydrogens (primary N) is 1. The lowest BCUT2D eigenvalue weighted by atomic mass is 10.4. The molecule has 0 atom stereocenters. The van der Waals surface area contributed by atoms with E-state index < -0.39 is 10.0 Å². The predicted octanol–water partition coefficient (Wildman–Crippen LogP) is 0.00280. The van der Waals surface area contributed by atoms with Crippen LogP contribution in [0.15, 0.2) is 22.0 Å². The average Bonchev–Trinajstić information content (AvgIpc) is 3.06. The summed E-state index contributed by atoms with van der Waals surface area (Å²) >= 11 is 1.21. The molecule has 1 aliphatic heterocycles. The molecular formula is C10H13N5O2S2. The fourth-order valence-electron chi connectivity index (χ4n) is 1.97. The summed E-state index contributed by atoms with van der Waals surface area (Å²) in [4.78, 5) is 0. The molecule has 2 aromatic heterocycles. The Hall–Kier alpha value is -1.29. The molecule has 3 heterocycles. The molecule has 2 N–H and O–H groups in total. The number of hydrogen-bond donors (Lipinski definition) is 1. The van der Waals surface area contributed by atoms with E-state index in [1.807, 2.05) is 4.57 Å². The van der Waals surface area contributed by atoms with Crippen molar-refractivity contribution in [1.82, 2.24) is 19.1 Å². The number of nitrogens with zero attached hydrogens (tertiary/aromatic N) is 4. The van der Waals surface area contributed by atoms with Gasteiger partial charge in [0, 0.05) is 19.6 Å². The Morgan fingerprint density at radius 3 is 3.00 bits per heavy atom. The number of hydrogen-bond acceptors (Lipinski definition) is 6. The molecule has 0 aromatic carbocycles. The van der Waals surface area contributed by atoms with Crippen molar-refractivity contribution >= 4 is 21.4 Å². The van der Waals surface area contributed by atoms with Gasteiger partial charge < -0.3 is 10.3 Å². The summed E-state index contributed by atoms with van der Waals surface area (Å²) < 4.78 is 28.6. The van der Waals surface area contributed by atoms with Gasteiger partial charge in [-0.05, 0) is 17.0 Å². The Morgan fingerprint density at radius 1 is 1.42 bits per heavy atom. The SMILES string of the molecule is NCc1csc(S(=O)(=O)N2CCn3cnnc3C2)c1. The van der Waals surface area contributed by atoms with E-state index in [4.69, 9.17) is 5.73 Å². The van der Waals surface area contributed by atoms with Gasteiger partial charge in [-0.1, -0.05) is 0 Å². The third-order valence-electron chi connectivity index (χ3n) is 3.06. The summed E-state index contributed by atoms with van der Waals surface area (Å²) in [6.45, 7) is 1.62. The summed E-state index contributed by atoms with van der Waals surface area (Å²) in [6, 6.07) is 1.64. The monoisotopic (exact) mass is 299 g/mol. The molecule has 3 rings (SSSR count). The molecule has 0 bridgehead atoms. The van der Waals surface area contributed by atoms with Crippen molar-refractivity contribution in [3.8, 4) is 0 Å². The van der Waals surface area contributed by atoms with Gasteiger partial charge in [0.25, 0.3) is 10.0 Å². The second kappa shape index (κ2) is 4.67. The summed E-state index contributed by atoms with van der Waals surface area (Å²) in [5.41, 5.74) is 6.35. The number of aromatic nitrogens is 3. The molecule has 0 spiro atoms. The zero-order valence-electron chi connectivity index (χ0n) is 10.1. The fraction of sp³-hybridized carbons (Fsp3) is 0.400. The van der Waals surface area contributed by atoms with Crippen LogP contribution >= 0.6 is 11.3 Å². The summed E-state index contributed by atoms with van der Waals surface area (Å²) in [7, 11) is -3.46. The van der Waals surface area contributed by atoms with Gasteiger partial charge in [0.15, 0.2) is 0 Å². The van der Waals surface area contributed by atoms with Crippen LogP contribution in [0.5, 0.6) is 0 Å². The minimum atomic E-state index is -3.46. The van der Waals surface area contributed by atoms with Crippen LogP contribution in [0.1, 0.15) is 11.4 Å². The maximum atomic E-state index is 12.5. The van der Waals surface area contributed by atoms with Gasteiger partial charge in [-0.15, -0.1) is 21.5 Å². The third-order valence-corrected chi connectivity index (χ3v) is 6.37. The highest BCUT2D eigenvalue weighted by molar-refractivity contribution is 7.91. The lowest BCUT2D eigenvalue weighted by Crippen LogP contribution is -2.37. The minimum Gasteiger partial charge on any atom is -0.326 e. The van der Waals surface area contributed by atoms with Crippen LogP contribution in [0.3, 0.4) is 0 Å². The Bertz CT molecular complexity index is 690. The van der Waals surface area contributed by atoms with Crippen LogP contribution in [0.2, 0.25) is 0 Å². The maximum Gasteiger partial charge on any atom is 0.253 e. The number of rotatable bonds is 3. The number of sulfonamides is 1. The first-order valence-electron chi connectivity index (χ1n) is 5.75. The van der Waals surface area contributed by atoms with E-state index >= 15 is 0 Å². The van der Waals surface area contributed by atoms with E-state index in [1.165, 1.54) is 15.6 Å². The van der Waals surface area contributed by atoms with Crippen molar-refractivity contribution in [1.29, 1.82) is 0 Å². The number of thiophene rings is 1. The Balaban J connectivity index is 1.89. The first-order valence-corrected chi connectivity index (χ1v) is 8.07. The normalized spacial score (nSPS) is 16.5. The van der Waals surface area contributed by atoms with Gasteiger partial charge in [-0.3, -0.25) is 0 Å². The highest BCUT2D eigenvalue weighted by Crippen LogP contribution is 2.26. The van der Waals surface area contributed by atoms with Crippen LogP contribution in [0.4, 0.5) is 0 Å². The number of fused-ring (bicyclic) bond motifs is 1. The van der Waals surface area contributed by atoms with Gasteiger partial charge in [0.05, 0.1) is 6.54 Å². The van der Waals surface area contributed by atoms with Crippen molar-refractivity contribution in [3.05, 3.63) is 29.2 Å². The van der Waals surface area contributed by atoms with Crippen LogP contribution in [-0.2, 0) is 29.7 Å². The average molecular weight is 299 g/mol. The summed E-state index contributed by atoms with van der Waals surface area (Å²) in [6.07, 6.45) is 1.62. The standard InChI is InChI=1S/C10H13N5O2S2/c11-4-8-3-10(18-6-8)19(16,17)15-2-1-14-7-12-13-9(14)5-15/h3,6-7H,1-2,4-5,11H2. The van der Waals surface area contributed by atoms with Crippen LogP contribution < -0.4 is 5.73 Å². The molecule has 1 aliphatic rings. The molecular weight excluding hydrogens is 286 g/mol. The topological polar surface area (TPSA) is 94.1 Å². The predicted molar refractivity (Wildman–Crippen MR) is 69.8 cm³/mol. The summed E-state index contributed by atoms with van der Waals surface area (Å²) in [5.74, 6) is 0.672. The van der Waals surface area contributed by atoms with E-state index in [0.717, 1.165) is 5.56 Å². The van der Waals surface area contributed by atoms with Crippen LogP contribution in [-0.4, -0.2) is 34.0 Å². The third kappa shape index (κ3) is 2.18. The van der Waals surface area contributed by atoms with Crippen molar-refractivity contribution in [2.24, 2.45) is 5.73 Å². The molecule has 0 fully saturated rings. The molecule has 7 nitrogen and oxygen atoms in total. The fourth-order valence-corrected chi connectivity index (χ4v) is 4.73. The molecule has 102 valence electrons. The molecule has 0 radical (unpaired) electrons. The van der Waals surface area contributed by atoms with Crippen molar-refractivity contribution < 1.29 is 8.42 Å². The molecule has 0 saturated carbocycles. The highest BCUT2D eigenvalue weighted by atomic mass is 32.2. The lowest BCUT2D eigenvalue weighted by Gasteiger charge is -2.25. The zero-order valence-corrected chi connectivity index (χ0v) is 11.7. The van der Waals surface area contributed by atoms with Crippen molar-refractivity contribution in [2.75, 3.05) is 6.54 Å². The van der Waals surface area contributed by atoms with E-state index in [2.05, 4.69) is 10.2 Å². The molecule has 0 unspecified atom stereocenters. The largest absolute Gasteiger partial charge is 0.326 e. The molecule has 9 heteroatoms.